The lowest BCUT2D eigenvalue weighted by Crippen LogP contribution is -2.66. The smallest absolute Gasteiger partial charge is 0.410 e. The van der Waals surface area contributed by atoms with Crippen molar-refractivity contribution in [3.8, 4) is 0 Å². The van der Waals surface area contributed by atoms with Crippen molar-refractivity contribution < 1.29 is 52.4 Å². The van der Waals surface area contributed by atoms with Crippen molar-refractivity contribution in [3.05, 3.63) is 80.8 Å². The van der Waals surface area contributed by atoms with Crippen molar-refractivity contribution in [2.24, 2.45) is 23.7 Å². The molecule has 67 heavy (non-hydrogen) atoms. The Kier molecular flexibility index (Phi) is 20.4. The molecule has 5 saturated heterocycles. The fraction of sp³-hybridized carbons (Fsp3) is 0.596. The molecule has 3 radical (unpaired) electrons. The molecular formula is C47H68BBr2F2N6O9. The lowest BCUT2D eigenvalue weighted by atomic mass is 9.66. The molecule has 15 nitrogen and oxygen atoms in total. The second kappa shape index (κ2) is 23.1. The van der Waals surface area contributed by atoms with Crippen LogP contribution in [0.4, 0.5) is 23.2 Å². The number of ether oxygens (including phenoxy) is 2. The van der Waals surface area contributed by atoms with Crippen molar-refractivity contribution in [3.63, 3.8) is 0 Å². The lowest BCUT2D eigenvalue weighted by Gasteiger charge is -2.55. The molecule has 6 amide bonds. The third kappa shape index (κ3) is 13.4. The molecule has 7 rings (SSSR count). The Hall–Kier alpha value is -3.95. The maximum Gasteiger partial charge on any atom is 0.410 e. The molecule has 2 aromatic rings. The molecule has 5 fully saturated rings. The van der Waals surface area contributed by atoms with E-state index < -0.39 is 51.9 Å². The number of hydrogen-bond donors (Lipinski definition) is 3. The van der Waals surface area contributed by atoms with Gasteiger partial charge in [0.2, 0.25) is 11.8 Å². The lowest BCUT2D eigenvalue weighted by molar-refractivity contribution is -0.161. The minimum Gasteiger partial charge on any atom is -0.444 e. The van der Waals surface area contributed by atoms with Gasteiger partial charge in [-0.3, -0.25) is 24.3 Å². The van der Waals surface area contributed by atoms with Crippen molar-refractivity contribution in [1.29, 1.82) is 0 Å². The average Bonchev–Trinajstić information content (AvgIpc) is 3.18. The number of carbonyl (C=O) groups is 5. The first-order chi connectivity index (χ1) is 29.7. The molecule has 0 spiro atoms. The van der Waals surface area contributed by atoms with Gasteiger partial charge in [0.25, 0.3) is 0 Å². The average molecular weight is 1070 g/mol. The summed E-state index contributed by atoms with van der Waals surface area (Å²) < 4.78 is 40.0. The molecule has 2 aromatic carbocycles. The van der Waals surface area contributed by atoms with Crippen LogP contribution in [-0.2, 0) is 30.3 Å². The van der Waals surface area contributed by atoms with Crippen molar-refractivity contribution in [1.82, 2.24) is 29.8 Å². The van der Waals surface area contributed by atoms with Crippen LogP contribution in [0.15, 0.2) is 58.0 Å². The predicted molar refractivity (Wildman–Crippen MR) is 260 cm³/mol. The first kappa shape index (κ1) is 59.2. The number of urea groups is 1. The number of benzene rings is 2. The molecular weight excluding hydrogens is 1000 g/mol. The Morgan fingerprint density at radius 1 is 0.731 bits per heavy atom. The predicted octanol–water partition coefficient (Wildman–Crippen LogP) is 6.94. The van der Waals surface area contributed by atoms with Gasteiger partial charge >= 0.3 is 18.2 Å². The molecule has 0 aliphatic carbocycles. The van der Waals surface area contributed by atoms with Crippen molar-refractivity contribution >= 4 is 70.3 Å². The number of nitrogens with one attached hydrogen (secondary N) is 1. The Morgan fingerprint density at radius 3 is 1.43 bits per heavy atom. The first-order valence-electron chi connectivity index (χ1n) is 21.1. The SMILES string of the molecule is C.C.C=CCN1CC2CN(C(=O)OC(C)(C)C)CC(C1)C2(O)c1ccc(Br)c(F)c1.CC(C)(C)OC(=O)N1CC2CNCC(C1)C2(O)c1ccc(Br)c(F)c1.CN1C(=O)CC(=O)N(C)C1=O.[B]. The minimum atomic E-state index is -1.20. The van der Waals surface area contributed by atoms with Crippen LogP contribution in [0.2, 0.25) is 0 Å². The van der Waals surface area contributed by atoms with Crippen LogP contribution in [0.25, 0.3) is 0 Å². The second-order valence-corrected chi connectivity index (χ2v) is 20.7. The molecule has 5 aliphatic rings. The van der Waals surface area contributed by atoms with Gasteiger partial charge in [-0.25, -0.2) is 23.2 Å². The quantitative estimate of drug-likeness (QED) is 0.165. The van der Waals surface area contributed by atoms with E-state index in [-0.39, 0.29) is 65.5 Å². The maximum absolute atomic E-state index is 14.2. The summed E-state index contributed by atoms with van der Waals surface area (Å²) in [6.07, 6.45) is 0.890. The van der Waals surface area contributed by atoms with E-state index >= 15 is 0 Å². The Morgan fingerprint density at radius 2 is 1.09 bits per heavy atom. The Bertz CT molecular complexity index is 2070. The van der Waals surface area contributed by atoms with Gasteiger partial charge in [0.05, 0.1) is 8.95 Å². The van der Waals surface area contributed by atoms with E-state index in [1.54, 1.807) is 34.1 Å². The molecule has 5 aliphatic heterocycles. The topological polar surface area (TPSA) is 172 Å². The fourth-order valence-corrected chi connectivity index (χ4v) is 9.41. The summed E-state index contributed by atoms with van der Waals surface area (Å²) in [5.41, 5.74) is -2.38. The fourth-order valence-electron chi connectivity index (χ4n) is 8.92. The van der Waals surface area contributed by atoms with Gasteiger partial charge in [0.15, 0.2) is 0 Å². The summed E-state index contributed by atoms with van der Waals surface area (Å²) in [4.78, 5) is 65.1. The van der Waals surface area contributed by atoms with Crippen LogP contribution >= 0.6 is 31.9 Å². The molecule has 0 aromatic heterocycles. The number of nitrogens with zero attached hydrogens (tertiary/aromatic N) is 5. The van der Waals surface area contributed by atoms with E-state index in [0.29, 0.717) is 79.0 Å². The highest BCUT2D eigenvalue weighted by molar-refractivity contribution is 9.10. The van der Waals surface area contributed by atoms with Crippen LogP contribution in [0.1, 0.15) is 73.9 Å². The number of piperidine rings is 4. The maximum atomic E-state index is 14.2. The number of rotatable bonds is 4. The molecule has 4 atom stereocenters. The third-order valence-electron chi connectivity index (χ3n) is 12.1. The molecule has 371 valence electrons. The van der Waals surface area contributed by atoms with E-state index in [4.69, 9.17) is 9.47 Å². The molecule has 0 saturated carbocycles. The van der Waals surface area contributed by atoms with Gasteiger partial charge in [-0.1, -0.05) is 33.1 Å². The van der Waals surface area contributed by atoms with Crippen LogP contribution in [0.5, 0.6) is 0 Å². The van der Waals surface area contributed by atoms with Gasteiger partial charge in [0.1, 0.15) is 40.5 Å². The van der Waals surface area contributed by atoms with Gasteiger partial charge in [0, 0.05) is 105 Å². The number of amides is 6. The summed E-state index contributed by atoms with van der Waals surface area (Å²) in [5, 5.41) is 26.5. The molecule has 3 N–H and O–H groups in total. The zero-order chi connectivity index (χ0) is 47.7. The molecule has 4 unspecified atom stereocenters. The van der Waals surface area contributed by atoms with E-state index in [0.717, 1.165) is 9.80 Å². The number of barbiturate groups is 1. The van der Waals surface area contributed by atoms with Crippen LogP contribution < -0.4 is 5.32 Å². The van der Waals surface area contributed by atoms with Crippen LogP contribution in [-0.4, -0.2) is 157 Å². The number of likely N-dealkylation sites (tertiary alicyclic amines) is 3. The third-order valence-corrected chi connectivity index (χ3v) is 13.4. The Labute approximate surface area is 413 Å². The summed E-state index contributed by atoms with van der Waals surface area (Å²) >= 11 is 6.32. The normalized spacial score (nSPS) is 26.0. The molecule has 4 bridgehead atoms. The van der Waals surface area contributed by atoms with Gasteiger partial charge in [-0.05, 0) is 109 Å². The Balaban J connectivity index is 0.000000365. The number of halogens is 4. The number of hydrogen-bond acceptors (Lipinski definition) is 11. The summed E-state index contributed by atoms with van der Waals surface area (Å²) in [7, 11) is 2.71. The van der Waals surface area contributed by atoms with Gasteiger partial charge in [-0.15, -0.1) is 6.58 Å². The van der Waals surface area contributed by atoms with Crippen LogP contribution in [0, 0.1) is 35.3 Å². The highest BCUT2D eigenvalue weighted by Gasteiger charge is 2.55. The van der Waals surface area contributed by atoms with E-state index in [1.165, 1.54) is 26.2 Å². The van der Waals surface area contributed by atoms with E-state index in [1.807, 2.05) is 47.6 Å². The molecule has 5 heterocycles. The van der Waals surface area contributed by atoms with Crippen LogP contribution in [0.3, 0.4) is 0 Å². The largest absolute Gasteiger partial charge is 0.444 e. The minimum absolute atomic E-state index is 0. The standard InChI is InChI=1S/C21H28BrFN2O3.C18H24BrFN2O3.C6H8N2O3.2CH4.B/c1-5-8-24-10-15-12-25(19(26)28-20(2,3)4)13-16(11-24)21(15,27)14-6-7-17(22)18(23)9-14;1-17(2,3)25-16(23)22-9-12-7-21-8-13(10-22)18(12,24)11-4-5-14(19)15(20)6-11;1-7-4(9)3-5(10)8(2)6(7)11;;;/h5-7,9,15-16,27H,1,8,10-13H2,2-4H3;4-6,12-13,21,24H,7-10H2,1-3H3;3H2,1-2H3;2*1H4;. The summed E-state index contributed by atoms with van der Waals surface area (Å²) in [5.74, 6) is -2.66. The molecule has 20 heteroatoms. The number of carbonyl (C=O) groups excluding carboxylic acids is 5. The highest BCUT2D eigenvalue weighted by Crippen LogP contribution is 2.47. The van der Waals surface area contributed by atoms with Crippen molar-refractivity contribution in [2.75, 3.05) is 73.0 Å². The monoisotopic (exact) mass is 1070 g/mol. The summed E-state index contributed by atoms with van der Waals surface area (Å²) in [6.45, 7) is 19.3. The van der Waals surface area contributed by atoms with Gasteiger partial charge in [-0.2, -0.15) is 0 Å². The zero-order valence-corrected chi connectivity index (χ0v) is 41.4. The van der Waals surface area contributed by atoms with E-state index in [9.17, 15) is 43.0 Å². The van der Waals surface area contributed by atoms with E-state index in [2.05, 4.69) is 48.7 Å². The number of aliphatic hydroxyl groups is 2. The summed E-state index contributed by atoms with van der Waals surface area (Å²) in [6, 6.07) is 8.98. The second-order valence-electron chi connectivity index (χ2n) is 19.0. The van der Waals surface area contributed by atoms with Gasteiger partial charge < -0.3 is 34.8 Å². The number of imide groups is 2. The first-order valence-corrected chi connectivity index (χ1v) is 22.7. The highest BCUT2D eigenvalue weighted by atomic mass is 79.9. The van der Waals surface area contributed by atoms with Crippen molar-refractivity contribution in [2.45, 2.75) is 85.2 Å². The number of fused-ring (bicyclic) bond motifs is 4. The zero-order valence-electron chi connectivity index (χ0n) is 38.2.